The Bertz CT molecular complexity index is 633. The number of carbonyl (C=O) groups excluding carboxylic acids is 3. The molecule has 1 saturated carbocycles. The molecule has 130 valence electrons. The van der Waals surface area contributed by atoms with E-state index >= 15 is 0 Å². The average Bonchev–Trinajstić information content (AvgIpc) is 3.24. The molecule has 0 aromatic carbocycles. The van der Waals surface area contributed by atoms with Gasteiger partial charge >= 0.3 is 6.03 Å². The Labute approximate surface area is 145 Å². The van der Waals surface area contributed by atoms with Gasteiger partial charge in [0, 0.05) is 37.1 Å². The highest BCUT2D eigenvalue weighted by Crippen LogP contribution is 2.19. The fourth-order valence-corrected chi connectivity index (χ4v) is 3.47. The Balaban J connectivity index is 1.40. The lowest BCUT2D eigenvalue weighted by molar-refractivity contribution is -0.121. The number of urea groups is 1. The van der Waals surface area contributed by atoms with Crippen molar-refractivity contribution in [3.05, 3.63) is 21.9 Å². The van der Waals surface area contributed by atoms with Gasteiger partial charge in [0.15, 0.2) is 0 Å². The molecule has 7 nitrogen and oxygen atoms in total. The van der Waals surface area contributed by atoms with Gasteiger partial charge in [0.2, 0.25) is 5.91 Å². The summed E-state index contributed by atoms with van der Waals surface area (Å²) in [7, 11) is 0. The van der Waals surface area contributed by atoms with Crippen LogP contribution >= 0.6 is 11.3 Å². The molecule has 2 fully saturated rings. The number of rotatable bonds is 4. The maximum absolute atomic E-state index is 12.4. The summed E-state index contributed by atoms with van der Waals surface area (Å²) in [4.78, 5) is 41.4. The molecular formula is C16H22N4O3S. The van der Waals surface area contributed by atoms with Crippen molar-refractivity contribution >= 4 is 29.2 Å². The summed E-state index contributed by atoms with van der Waals surface area (Å²) in [5.41, 5.74) is 0. The van der Waals surface area contributed by atoms with Crippen molar-refractivity contribution in [1.82, 2.24) is 20.4 Å². The summed E-state index contributed by atoms with van der Waals surface area (Å²) in [5.74, 6) is -0.247. The van der Waals surface area contributed by atoms with Gasteiger partial charge < -0.3 is 10.2 Å². The van der Waals surface area contributed by atoms with Crippen LogP contribution in [-0.2, 0) is 4.79 Å². The van der Waals surface area contributed by atoms with Crippen LogP contribution in [0, 0.1) is 6.92 Å². The van der Waals surface area contributed by atoms with Gasteiger partial charge in [0.05, 0.1) is 11.4 Å². The molecule has 0 bridgehead atoms. The predicted molar refractivity (Wildman–Crippen MR) is 91.1 cm³/mol. The monoisotopic (exact) mass is 350 g/mol. The molecule has 0 radical (unpaired) electrons. The van der Waals surface area contributed by atoms with Crippen molar-refractivity contribution < 1.29 is 14.4 Å². The van der Waals surface area contributed by atoms with Gasteiger partial charge in [-0.1, -0.05) is 0 Å². The molecule has 1 aliphatic heterocycles. The number of thiophene rings is 1. The lowest BCUT2D eigenvalue weighted by atomic mass is 10.3. The van der Waals surface area contributed by atoms with Crippen LogP contribution in [-0.4, -0.2) is 66.4 Å². The molecule has 0 atom stereocenters. The van der Waals surface area contributed by atoms with E-state index < -0.39 is 6.03 Å². The quantitative estimate of drug-likeness (QED) is 0.842. The number of aryl methyl sites for hydroxylation is 1. The molecule has 0 unspecified atom stereocenters. The van der Waals surface area contributed by atoms with Crippen molar-refractivity contribution in [3.8, 4) is 0 Å². The topological polar surface area (TPSA) is 81.8 Å². The van der Waals surface area contributed by atoms with E-state index in [-0.39, 0.29) is 24.4 Å². The predicted octanol–water partition coefficient (Wildman–Crippen LogP) is 0.803. The molecule has 1 aromatic heterocycles. The second-order valence-electron chi connectivity index (χ2n) is 6.27. The zero-order valence-corrected chi connectivity index (χ0v) is 14.5. The van der Waals surface area contributed by atoms with Crippen LogP contribution < -0.4 is 10.6 Å². The standard InChI is InChI=1S/C16H22N4O3S/c1-11-2-5-13(24-11)15(22)20-8-6-19(7-9-20)10-14(21)18-16(23)17-12-3-4-12/h2,5,12H,3-4,6-10H2,1H3,(H2,17,18,21,23). The van der Waals surface area contributed by atoms with Crippen LogP contribution in [0.4, 0.5) is 4.79 Å². The van der Waals surface area contributed by atoms with Gasteiger partial charge in [-0.05, 0) is 31.9 Å². The molecule has 2 heterocycles. The van der Waals surface area contributed by atoms with E-state index in [9.17, 15) is 14.4 Å². The number of carbonyl (C=O) groups is 3. The lowest BCUT2D eigenvalue weighted by Gasteiger charge is -2.34. The number of piperazine rings is 1. The summed E-state index contributed by atoms with van der Waals surface area (Å²) in [5, 5.41) is 5.07. The van der Waals surface area contributed by atoms with E-state index in [2.05, 4.69) is 10.6 Å². The SMILES string of the molecule is Cc1ccc(C(=O)N2CCN(CC(=O)NC(=O)NC3CC3)CC2)s1. The molecule has 1 saturated heterocycles. The van der Waals surface area contributed by atoms with Crippen molar-refractivity contribution in [2.75, 3.05) is 32.7 Å². The highest BCUT2D eigenvalue weighted by Gasteiger charge is 2.26. The minimum Gasteiger partial charge on any atom is -0.335 e. The van der Waals surface area contributed by atoms with Crippen molar-refractivity contribution in [2.24, 2.45) is 0 Å². The summed E-state index contributed by atoms with van der Waals surface area (Å²) in [6, 6.07) is 3.63. The summed E-state index contributed by atoms with van der Waals surface area (Å²) >= 11 is 1.50. The van der Waals surface area contributed by atoms with Crippen LogP contribution in [0.25, 0.3) is 0 Å². The number of nitrogens with zero attached hydrogens (tertiary/aromatic N) is 2. The third-order valence-corrected chi connectivity index (χ3v) is 5.13. The van der Waals surface area contributed by atoms with Crippen LogP contribution in [0.2, 0.25) is 0 Å². The van der Waals surface area contributed by atoms with E-state index in [1.54, 1.807) is 0 Å². The fourth-order valence-electron chi connectivity index (χ4n) is 2.63. The molecule has 1 aliphatic carbocycles. The minimum absolute atomic E-state index is 0.0565. The Morgan fingerprint density at radius 1 is 1.17 bits per heavy atom. The zero-order chi connectivity index (χ0) is 17.1. The minimum atomic E-state index is -0.413. The largest absolute Gasteiger partial charge is 0.335 e. The van der Waals surface area contributed by atoms with Crippen molar-refractivity contribution in [1.29, 1.82) is 0 Å². The summed E-state index contributed by atoms with van der Waals surface area (Å²) in [6.07, 6.45) is 1.97. The number of amides is 4. The lowest BCUT2D eigenvalue weighted by Crippen LogP contribution is -2.52. The first-order chi connectivity index (χ1) is 11.5. The first kappa shape index (κ1) is 16.9. The molecule has 24 heavy (non-hydrogen) atoms. The molecule has 8 heteroatoms. The third kappa shape index (κ3) is 4.55. The van der Waals surface area contributed by atoms with E-state index in [0.29, 0.717) is 26.2 Å². The van der Waals surface area contributed by atoms with E-state index in [1.165, 1.54) is 11.3 Å². The molecule has 3 rings (SSSR count). The van der Waals surface area contributed by atoms with E-state index in [4.69, 9.17) is 0 Å². The zero-order valence-electron chi connectivity index (χ0n) is 13.7. The smallest absolute Gasteiger partial charge is 0.321 e. The Hall–Kier alpha value is -1.93. The van der Waals surface area contributed by atoms with Gasteiger partial charge in [-0.25, -0.2) is 4.79 Å². The summed E-state index contributed by atoms with van der Waals surface area (Å²) in [6.45, 7) is 4.62. The van der Waals surface area contributed by atoms with Gasteiger partial charge in [0.25, 0.3) is 5.91 Å². The highest BCUT2D eigenvalue weighted by atomic mass is 32.1. The maximum Gasteiger partial charge on any atom is 0.321 e. The van der Waals surface area contributed by atoms with Crippen LogP contribution in [0.15, 0.2) is 12.1 Å². The van der Waals surface area contributed by atoms with Gasteiger partial charge in [0.1, 0.15) is 0 Å². The van der Waals surface area contributed by atoms with Crippen LogP contribution in [0.5, 0.6) is 0 Å². The molecule has 0 spiro atoms. The summed E-state index contributed by atoms with van der Waals surface area (Å²) < 4.78 is 0. The Morgan fingerprint density at radius 2 is 1.88 bits per heavy atom. The number of nitrogens with one attached hydrogen (secondary N) is 2. The fraction of sp³-hybridized carbons (Fsp3) is 0.562. The molecular weight excluding hydrogens is 328 g/mol. The van der Waals surface area contributed by atoms with Gasteiger partial charge in [-0.2, -0.15) is 0 Å². The average molecular weight is 350 g/mol. The van der Waals surface area contributed by atoms with E-state index in [0.717, 1.165) is 22.6 Å². The number of imide groups is 1. The molecule has 4 amide bonds. The normalized spacial score (nSPS) is 18.3. The van der Waals surface area contributed by atoms with Crippen molar-refractivity contribution in [3.63, 3.8) is 0 Å². The molecule has 2 N–H and O–H groups in total. The second-order valence-corrected chi connectivity index (χ2v) is 7.56. The number of hydrogen-bond donors (Lipinski definition) is 2. The Morgan fingerprint density at radius 3 is 2.46 bits per heavy atom. The molecule has 2 aliphatic rings. The second kappa shape index (κ2) is 7.31. The first-order valence-corrected chi connectivity index (χ1v) is 9.01. The number of hydrogen-bond acceptors (Lipinski definition) is 5. The third-order valence-electron chi connectivity index (χ3n) is 4.14. The first-order valence-electron chi connectivity index (χ1n) is 8.19. The van der Waals surface area contributed by atoms with Gasteiger partial charge in [-0.15, -0.1) is 11.3 Å². The van der Waals surface area contributed by atoms with Crippen LogP contribution in [0.3, 0.4) is 0 Å². The van der Waals surface area contributed by atoms with E-state index in [1.807, 2.05) is 28.9 Å². The maximum atomic E-state index is 12.4. The highest BCUT2D eigenvalue weighted by molar-refractivity contribution is 7.13. The van der Waals surface area contributed by atoms with Gasteiger partial charge in [-0.3, -0.25) is 19.8 Å². The Kier molecular flexibility index (Phi) is 5.15. The molecule has 1 aromatic rings. The van der Waals surface area contributed by atoms with Crippen molar-refractivity contribution in [2.45, 2.75) is 25.8 Å². The van der Waals surface area contributed by atoms with Crippen LogP contribution in [0.1, 0.15) is 27.4 Å².